The van der Waals surface area contributed by atoms with Crippen molar-refractivity contribution in [2.24, 2.45) is 0 Å². The first-order chi connectivity index (χ1) is 15.8. The molecule has 1 N–H and O–H groups in total. The van der Waals surface area contributed by atoms with Crippen LogP contribution in [0.3, 0.4) is 0 Å². The Morgan fingerprint density at radius 1 is 0.848 bits per heavy atom. The molecular formula is C27H28Cl2N2O2. The molecule has 3 aromatic rings. The summed E-state index contributed by atoms with van der Waals surface area (Å²) in [6.07, 6.45) is 0.554. The van der Waals surface area contributed by atoms with Crippen molar-refractivity contribution in [2.75, 3.05) is 0 Å². The lowest BCUT2D eigenvalue weighted by atomic mass is 10.0. The quantitative estimate of drug-likeness (QED) is 0.425. The fraction of sp³-hybridized carbons (Fsp3) is 0.259. The average molecular weight is 483 g/mol. The van der Waals surface area contributed by atoms with Crippen molar-refractivity contribution >= 4 is 35.0 Å². The van der Waals surface area contributed by atoms with Gasteiger partial charge in [-0.25, -0.2) is 0 Å². The van der Waals surface area contributed by atoms with E-state index in [2.05, 4.69) is 5.32 Å². The summed E-state index contributed by atoms with van der Waals surface area (Å²) < 4.78 is 0. The van der Waals surface area contributed by atoms with Crippen molar-refractivity contribution < 1.29 is 9.59 Å². The van der Waals surface area contributed by atoms with Crippen LogP contribution in [0.2, 0.25) is 10.0 Å². The van der Waals surface area contributed by atoms with Gasteiger partial charge >= 0.3 is 0 Å². The molecule has 0 radical (unpaired) electrons. The van der Waals surface area contributed by atoms with Crippen molar-refractivity contribution in [3.63, 3.8) is 0 Å². The van der Waals surface area contributed by atoms with Crippen LogP contribution < -0.4 is 5.32 Å². The van der Waals surface area contributed by atoms with E-state index in [0.717, 1.165) is 16.7 Å². The lowest BCUT2D eigenvalue weighted by molar-refractivity contribution is -0.141. The van der Waals surface area contributed by atoms with Gasteiger partial charge in [-0.1, -0.05) is 83.9 Å². The molecule has 0 bridgehead atoms. The van der Waals surface area contributed by atoms with Gasteiger partial charge in [-0.3, -0.25) is 9.59 Å². The minimum absolute atomic E-state index is 0.0516. The Morgan fingerprint density at radius 2 is 1.48 bits per heavy atom. The highest BCUT2D eigenvalue weighted by atomic mass is 35.5. The third-order valence-electron chi connectivity index (χ3n) is 5.27. The van der Waals surface area contributed by atoms with E-state index in [0.29, 0.717) is 16.5 Å². The number of carbonyl (C=O) groups excluding carboxylic acids is 2. The molecule has 2 amide bonds. The number of carbonyl (C=O) groups is 2. The molecule has 0 spiro atoms. The molecule has 6 heteroatoms. The van der Waals surface area contributed by atoms with Gasteiger partial charge in [0.05, 0.1) is 6.42 Å². The van der Waals surface area contributed by atoms with E-state index in [1.165, 1.54) is 0 Å². The molecular weight excluding hydrogens is 455 g/mol. The van der Waals surface area contributed by atoms with Crippen LogP contribution in [0, 0.1) is 0 Å². The standard InChI is InChI=1S/C27H28Cl2N2O2/c1-19(2)30-27(33)25(16-20-8-4-3-5-9-20)31(18-22-10-6-7-11-24(22)29)26(32)17-21-12-14-23(28)15-13-21/h3-15,19,25H,16-18H2,1-2H3,(H,30,33). The molecule has 0 aliphatic carbocycles. The van der Waals surface area contributed by atoms with Gasteiger partial charge in [0.1, 0.15) is 6.04 Å². The summed E-state index contributed by atoms with van der Waals surface area (Å²) in [7, 11) is 0. The first kappa shape index (κ1) is 24.8. The highest BCUT2D eigenvalue weighted by molar-refractivity contribution is 6.31. The zero-order valence-electron chi connectivity index (χ0n) is 18.8. The van der Waals surface area contributed by atoms with Crippen molar-refractivity contribution in [1.82, 2.24) is 10.2 Å². The van der Waals surface area contributed by atoms with Gasteiger partial charge in [-0.2, -0.15) is 0 Å². The number of halogens is 2. The lowest BCUT2D eigenvalue weighted by Crippen LogP contribution is -2.52. The number of amides is 2. The Morgan fingerprint density at radius 3 is 2.12 bits per heavy atom. The molecule has 0 aromatic heterocycles. The van der Waals surface area contributed by atoms with Crippen LogP contribution in [-0.4, -0.2) is 28.8 Å². The van der Waals surface area contributed by atoms with E-state index < -0.39 is 6.04 Å². The molecule has 33 heavy (non-hydrogen) atoms. The zero-order valence-corrected chi connectivity index (χ0v) is 20.3. The van der Waals surface area contributed by atoms with Crippen LogP contribution in [0.15, 0.2) is 78.9 Å². The van der Waals surface area contributed by atoms with Crippen molar-refractivity contribution in [3.05, 3.63) is 106 Å². The van der Waals surface area contributed by atoms with E-state index in [1.807, 2.05) is 74.5 Å². The fourth-order valence-corrected chi connectivity index (χ4v) is 3.94. The monoisotopic (exact) mass is 482 g/mol. The third kappa shape index (κ3) is 7.34. The Bertz CT molecular complexity index is 1070. The van der Waals surface area contributed by atoms with E-state index in [1.54, 1.807) is 23.1 Å². The van der Waals surface area contributed by atoms with Gasteiger partial charge < -0.3 is 10.2 Å². The second-order valence-corrected chi connectivity index (χ2v) is 9.13. The number of benzene rings is 3. The minimum Gasteiger partial charge on any atom is -0.352 e. The number of rotatable bonds is 9. The van der Waals surface area contributed by atoms with Crippen molar-refractivity contribution in [1.29, 1.82) is 0 Å². The van der Waals surface area contributed by atoms with Crippen LogP contribution >= 0.6 is 23.2 Å². The molecule has 0 aliphatic rings. The minimum atomic E-state index is -0.689. The SMILES string of the molecule is CC(C)NC(=O)C(Cc1ccccc1)N(Cc1ccccc1Cl)C(=O)Cc1ccc(Cl)cc1. The van der Waals surface area contributed by atoms with Gasteiger partial charge in [-0.15, -0.1) is 0 Å². The third-order valence-corrected chi connectivity index (χ3v) is 5.89. The van der Waals surface area contributed by atoms with E-state index in [4.69, 9.17) is 23.2 Å². The van der Waals surface area contributed by atoms with E-state index >= 15 is 0 Å². The average Bonchev–Trinajstić information content (AvgIpc) is 2.79. The van der Waals surface area contributed by atoms with Gasteiger partial charge in [0, 0.05) is 29.1 Å². The molecule has 3 aromatic carbocycles. The number of hydrogen-bond donors (Lipinski definition) is 1. The summed E-state index contributed by atoms with van der Waals surface area (Å²) in [5.41, 5.74) is 2.60. The summed E-state index contributed by atoms with van der Waals surface area (Å²) in [6.45, 7) is 4.05. The molecule has 1 atom stereocenters. The second kappa shape index (κ2) is 11.9. The van der Waals surface area contributed by atoms with Crippen molar-refractivity contribution in [3.8, 4) is 0 Å². The van der Waals surface area contributed by atoms with Crippen molar-refractivity contribution in [2.45, 2.75) is 45.3 Å². The molecule has 4 nitrogen and oxygen atoms in total. The van der Waals surface area contributed by atoms with Crippen LogP contribution in [0.5, 0.6) is 0 Å². The summed E-state index contributed by atoms with van der Waals surface area (Å²) >= 11 is 12.4. The molecule has 1 unspecified atom stereocenters. The molecule has 3 rings (SSSR count). The summed E-state index contributed by atoms with van der Waals surface area (Å²) in [5, 5.41) is 4.16. The normalized spacial score (nSPS) is 11.8. The molecule has 172 valence electrons. The Labute approximate surface area is 205 Å². The van der Waals surface area contributed by atoms with E-state index in [9.17, 15) is 9.59 Å². The largest absolute Gasteiger partial charge is 0.352 e. The molecule has 0 heterocycles. The number of nitrogens with one attached hydrogen (secondary N) is 1. The predicted octanol–water partition coefficient (Wildman–Crippen LogP) is 5.70. The number of nitrogens with zero attached hydrogens (tertiary/aromatic N) is 1. The Hall–Kier alpha value is -2.82. The zero-order chi connectivity index (χ0) is 23.8. The first-order valence-electron chi connectivity index (χ1n) is 10.9. The van der Waals surface area contributed by atoms with Crippen LogP contribution in [-0.2, 0) is 29.0 Å². The maximum atomic E-state index is 13.6. The summed E-state index contributed by atoms with van der Waals surface area (Å²) in [5.74, 6) is -0.345. The van der Waals surface area contributed by atoms with Gasteiger partial charge in [0.2, 0.25) is 11.8 Å². The number of hydrogen-bond acceptors (Lipinski definition) is 2. The topological polar surface area (TPSA) is 49.4 Å². The van der Waals surface area contributed by atoms with Crippen LogP contribution in [0.25, 0.3) is 0 Å². The summed E-state index contributed by atoms with van der Waals surface area (Å²) in [6, 6.07) is 23.6. The molecule has 0 saturated carbocycles. The van der Waals surface area contributed by atoms with Crippen LogP contribution in [0.1, 0.15) is 30.5 Å². The predicted molar refractivity (Wildman–Crippen MR) is 134 cm³/mol. The van der Waals surface area contributed by atoms with Gasteiger partial charge in [-0.05, 0) is 48.7 Å². The highest BCUT2D eigenvalue weighted by Gasteiger charge is 2.31. The maximum Gasteiger partial charge on any atom is 0.243 e. The van der Waals surface area contributed by atoms with Crippen LogP contribution in [0.4, 0.5) is 0 Å². The van der Waals surface area contributed by atoms with E-state index in [-0.39, 0.29) is 30.8 Å². The Kier molecular flexibility index (Phi) is 8.93. The molecule has 0 saturated heterocycles. The van der Waals surface area contributed by atoms with Gasteiger partial charge in [0.15, 0.2) is 0 Å². The molecule has 0 aliphatic heterocycles. The highest BCUT2D eigenvalue weighted by Crippen LogP contribution is 2.22. The maximum absolute atomic E-state index is 13.6. The van der Waals surface area contributed by atoms with Gasteiger partial charge in [0.25, 0.3) is 0 Å². The second-order valence-electron chi connectivity index (χ2n) is 8.29. The molecule has 0 fully saturated rings. The lowest BCUT2D eigenvalue weighted by Gasteiger charge is -2.32. The first-order valence-corrected chi connectivity index (χ1v) is 11.7. The fourth-order valence-electron chi connectivity index (χ4n) is 3.62. The smallest absolute Gasteiger partial charge is 0.243 e. The summed E-state index contributed by atoms with van der Waals surface area (Å²) in [4.78, 5) is 28.6. The Balaban J connectivity index is 1.97.